The second-order valence-corrected chi connectivity index (χ2v) is 7.88. The molecule has 0 aromatic rings. The van der Waals surface area contributed by atoms with Gasteiger partial charge in [-0.15, -0.1) is 4.99 Å². The van der Waals surface area contributed by atoms with Crippen molar-refractivity contribution in [2.75, 3.05) is 13.1 Å². The van der Waals surface area contributed by atoms with E-state index in [-0.39, 0.29) is 5.96 Å². The van der Waals surface area contributed by atoms with E-state index in [1.807, 2.05) is 4.90 Å². The Morgan fingerprint density at radius 2 is 1.65 bits per heavy atom. The maximum Gasteiger partial charge on any atom is 0.437 e. The molecule has 2 amide bonds. The quantitative estimate of drug-likeness (QED) is 0.546. The van der Waals surface area contributed by atoms with Gasteiger partial charge >= 0.3 is 12.2 Å². The van der Waals surface area contributed by atoms with Crippen molar-refractivity contribution in [3.8, 4) is 0 Å². The van der Waals surface area contributed by atoms with Crippen molar-refractivity contribution in [2.24, 2.45) is 10.9 Å². The highest BCUT2D eigenvalue weighted by Crippen LogP contribution is 2.16. The SMILES string of the molecule is CC1CCN(C(=NC(=O)OC(C)(C)C)NC(=O)OC(C)(C)C)C1. The third-order valence-electron chi connectivity index (χ3n) is 2.93. The van der Waals surface area contributed by atoms with Crippen LogP contribution in [0.2, 0.25) is 0 Å². The summed E-state index contributed by atoms with van der Waals surface area (Å²) in [4.78, 5) is 29.7. The standard InChI is InChI=1S/C16H29N3O4/c1-11-8-9-19(10-11)12(17-13(20)22-15(2,3)4)18-14(21)23-16(5,6)7/h11H,8-10H2,1-7H3,(H,17,18,20,21). The van der Waals surface area contributed by atoms with E-state index in [0.717, 1.165) is 19.5 Å². The molecule has 1 unspecified atom stereocenters. The van der Waals surface area contributed by atoms with Crippen LogP contribution in [0.5, 0.6) is 0 Å². The van der Waals surface area contributed by atoms with Gasteiger partial charge in [-0.25, -0.2) is 9.59 Å². The van der Waals surface area contributed by atoms with E-state index in [0.29, 0.717) is 5.92 Å². The minimum Gasteiger partial charge on any atom is -0.444 e. The highest BCUT2D eigenvalue weighted by atomic mass is 16.6. The van der Waals surface area contributed by atoms with E-state index in [1.165, 1.54) is 0 Å². The van der Waals surface area contributed by atoms with Crippen molar-refractivity contribution in [2.45, 2.75) is 66.1 Å². The molecule has 1 aliphatic rings. The lowest BCUT2D eigenvalue weighted by Crippen LogP contribution is -2.45. The highest BCUT2D eigenvalue weighted by molar-refractivity contribution is 5.99. The Bertz CT molecular complexity index is 475. The first-order valence-electron chi connectivity index (χ1n) is 7.92. The maximum absolute atomic E-state index is 12.0. The highest BCUT2D eigenvalue weighted by Gasteiger charge is 2.27. The Morgan fingerprint density at radius 1 is 1.09 bits per heavy atom. The summed E-state index contributed by atoms with van der Waals surface area (Å²) < 4.78 is 10.4. The Hall–Kier alpha value is -1.79. The second kappa shape index (κ2) is 7.19. The summed E-state index contributed by atoms with van der Waals surface area (Å²) >= 11 is 0. The van der Waals surface area contributed by atoms with Crippen molar-refractivity contribution >= 4 is 18.1 Å². The zero-order valence-electron chi connectivity index (χ0n) is 15.2. The number of likely N-dealkylation sites (tertiary alicyclic amines) is 1. The third-order valence-corrected chi connectivity index (χ3v) is 2.93. The molecule has 132 valence electrons. The van der Waals surface area contributed by atoms with Crippen LogP contribution in [0, 0.1) is 5.92 Å². The molecule has 0 radical (unpaired) electrons. The summed E-state index contributed by atoms with van der Waals surface area (Å²) in [6, 6.07) is 0. The van der Waals surface area contributed by atoms with Gasteiger partial charge in [0.25, 0.3) is 0 Å². The van der Waals surface area contributed by atoms with E-state index in [4.69, 9.17) is 9.47 Å². The van der Waals surface area contributed by atoms with Crippen LogP contribution in [0.4, 0.5) is 9.59 Å². The smallest absolute Gasteiger partial charge is 0.437 e. The molecule has 1 heterocycles. The van der Waals surface area contributed by atoms with Gasteiger partial charge in [0.1, 0.15) is 11.2 Å². The van der Waals surface area contributed by atoms with Gasteiger partial charge in [-0.3, -0.25) is 5.32 Å². The molecule has 23 heavy (non-hydrogen) atoms. The Kier molecular flexibility index (Phi) is 6.02. The molecule has 0 aromatic carbocycles. The van der Waals surface area contributed by atoms with Gasteiger partial charge in [0.2, 0.25) is 5.96 Å². The van der Waals surface area contributed by atoms with Crippen LogP contribution >= 0.6 is 0 Å². The minimum atomic E-state index is -0.733. The molecule has 1 rings (SSSR count). The zero-order chi connectivity index (χ0) is 17.8. The van der Waals surface area contributed by atoms with Crippen LogP contribution in [-0.4, -0.2) is 47.3 Å². The molecule has 1 saturated heterocycles. The molecule has 0 spiro atoms. The molecule has 0 saturated carbocycles. The number of amides is 2. The predicted octanol–water partition coefficient (Wildman–Crippen LogP) is 3.14. The van der Waals surface area contributed by atoms with E-state index in [2.05, 4.69) is 17.2 Å². The fourth-order valence-corrected chi connectivity index (χ4v) is 2.07. The summed E-state index contributed by atoms with van der Waals surface area (Å²) in [5.41, 5.74) is -1.27. The lowest BCUT2D eigenvalue weighted by atomic mass is 10.2. The van der Waals surface area contributed by atoms with Gasteiger partial charge in [0.05, 0.1) is 0 Å². The van der Waals surface area contributed by atoms with Gasteiger partial charge in [0.15, 0.2) is 0 Å². The van der Waals surface area contributed by atoms with Gasteiger partial charge in [-0.2, -0.15) is 0 Å². The number of hydrogen-bond donors (Lipinski definition) is 1. The molecule has 0 bridgehead atoms. The number of nitrogens with one attached hydrogen (secondary N) is 1. The lowest BCUT2D eigenvalue weighted by Gasteiger charge is -2.24. The van der Waals surface area contributed by atoms with Crippen LogP contribution in [0.3, 0.4) is 0 Å². The average Bonchev–Trinajstić information content (AvgIpc) is 2.69. The average molecular weight is 327 g/mol. The maximum atomic E-state index is 12.0. The summed E-state index contributed by atoms with van der Waals surface area (Å²) in [7, 11) is 0. The molecule has 1 fully saturated rings. The number of ether oxygens (including phenoxy) is 2. The van der Waals surface area contributed by atoms with Gasteiger partial charge < -0.3 is 14.4 Å². The Balaban J connectivity index is 2.85. The fourth-order valence-electron chi connectivity index (χ4n) is 2.07. The van der Waals surface area contributed by atoms with Crippen molar-refractivity contribution in [1.29, 1.82) is 0 Å². The molecule has 1 aliphatic heterocycles. The van der Waals surface area contributed by atoms with Crippen molar-refractivity contribution in [3.05, 3.63) is 0 Å². The fraction of sp³-hybridized carbons (Fsp3) is 0.812. The number of nitrogens with zero attached hydrogens (tertiary/aromatic N) is 2. The second-order valence-electron chi connectivity index (χ2n) is 7.88. The molecular weight excluding hydrogens is 298 g/mol. The first kappa shape index (κ1) is 19.3. The molecule has 1 N–H and O–H groups in total. The van der Waals surface area contributed by atoms with Crippen molar-refractivity contribution < 1.29 is 19.1 Å². The van der Waals surface area contributed by atoms with Gasteiger partial charge in [-0.05, 0) is 53.9 Å². The summed E-state index contributed by atoms with van der Waals surface area (Å²) in [5.74, 6) is 0.650. The summed E-state index contributed by atoms with van der Waals surface area (Å²) in [5, 5.41) is 2.57. The molecular formula is C16H29N3O4. The predicted molar refractivity (Wildman–Crippen MR) is 88.4 cm³/mol. The molecule has 7 heteroatoms. The van der Waals surface area contributed by atoms with Crippen LogP contribution in [0.25, 0.3) is 0 Å². The Labute approximate surface area is 138 Å². The largest absolute Gasteiger partial charge is 0.444 e. The molecule has 1 atom stereocenters. The molecule has 0 aromatic heterocycles. The van der Waals surface area contributed by atoms with E-state index < -0.39 is 23.4 Å². The van der Waals surface area contributed by atoms with Crippen LogP contribution < -0.4 is 5.32 Å². The number of aliphatic imine (C=N–C) groups is 1. The summed E-state index contributed by atoms with van der Waals surface area (Å²) in [6.45, 7) is 14.2. The van der Waals surface area contributed by atoms with E-state index in [1.54, 1.807) is 41.5 Å². The minimum absolute atomic E-state index is 0.179. The first-order valence-corrected chi connectivity index (χ1v) is 7.92. The lowest BCUT2D eigenvalue weighted by molar-refractivity contribution is 0.0555. The first-order chi connectivity index (χ1) is 10.4. The summed E-state index contributed by atoms with van der Waals surface area (Å²) in [6.07, 6.45) is -0.397. The van der Waals surface area contributed by atoms with Crippen LogP contribution in [-0.2, 0) is 9.47 Å². The number of rotatable bonds is 0. The number of carbonyl (C=O) groups is 2. The number of guanidine groups is 1. The van der Waals surface area contributed by atoms with E-state index >= 15 is 0 Å². The Morgan fingerprint density at radius 3 is 2.09 bits per heavy atom. The zero-order valence-corrected chi connectivity index (χ0v) is 15.2. The van der Waals surface area contributed by atoms with Crippen LogP contribution in [0.15, 0.2) is 4.99 Å². The number of hydrogen-bond acceptors (Lipinski definition) is 4. The van der Waals surface area contributed by atoms with Crippen molar-refractivity contribution in [3.63, 3.8) is 0 Å². The van der Waals surface area contributed by atoms with E-state index in [9.17, 15) is 9.59 Å². The van der Waals surface area contributed by atoms with Gasteiger partial charge in [-0.1, -0.05) is 6.92 Å². The van der Waals surface area contributed by atoms with Crippen molar-refractivity contribution in [1.82, 2.24) is 10.2 Å². The third kappa shape index (κ3) is 7.85. The normalized spacial score (nSPS) is 19.5. The topological polar surface area (TPSA) is 80.2 Å². The number of carbonyl (C=O) groups excluding carboxylic acids is 2. The monoisotopic (exact) mass is 327 g/mol. The van der Waals surface area contributed by atoms with Crippen LogP contribution in [0.1, 0.15) is 54.9 Å². The molecule has 7 nitrogen and oxygen atoms in total. The van der Waals surface area contributed by atoms with Gasteiger partial charge in [0, 0.05) is 13.1 Å². The molecule has 0 aliphatic carbocycles. The number of alkyl carbamates (subject to hydrolysis) is 1.